The van der Waals surface area contributed by atoms with E-state index in [9.17, 15) is 12.8 Å². The van der Waals surface area contributed by atoms with Gasteiger partial charge in [0.25, 0.3) is 0 Å². The van der Waals surface area contributed by atoms with Gasteiger partial charge in [-0.15, -0.1) is 0 Å². The van der Waals surface area contributed by atoms with Crippen molar-refractivity contribution in [2.24, 2.45) is 0 Å². The molecule has 5 heteroatoms. The monoisotopic (exact) mass is 269 g/mol. The highest BCUT2D eigenvalue weighted by Crippen LogP contribution is 2.22. The van der Waals surface area contributed by atoms with Crippen LogP contribution in [0.15, 0.2) is 24.3 Å². The molecule has 0 amide bonds. The van der Waals surface area contributed by atoms with E-state index in [4.69, 9.17) is 0 Å². The number of sulfone groups is 1. The van der Waals surface area contributed by atoms with Crippen LogP contribution in [-0.2, 0) is 22.1 Å². The summed E-state index contributed by atoms with van der Waals surface area (Å²) in [5.41, 5.74) is 1.60. The first-order chi connectivity index (χ1) is 8.46. The standard InChI is InChI=1S/C13H16FNO2S/c1-3-15-12(9-18(16,17)4-2)8-10-7-11(14)5-6-13(10)15/h5-8H,3-4,9H2,1-2H3. The molecule has 0 aliphatic carbocycles. The Bertz CT molecular complexity index is 674. The van der Waals surface area contributed by atoms with Crippen LogP contribution in [-0.4, -0.2) is 18.7 Å². The predicted molar refractivity (Wildman–Crippen MR) is 70.7 cm³/mol. The third-order valence-electron chi connectivity index (χ3n) is 3.07. The fourth-order valence-electron chi connectivity index (χ4n) is 2.12. The van der Waals surface area contributed by atoms with E-state index >= 15 is 0 Å². The Labute approximate surface area is 106 Å². The highest BCUT2D eigenvalue weighted by Gasteiger charge is 2.15. The zero-order valence-corrected chi connectivity index (χ0v) is 11.3. The molecule has 18 heavy (non-hydrogen) atoms. The van der Waals surface area contributed by atoms with Crippen molar-refractivity contribution >= 4 is 20.7 Å². The molecule has 0 spiro atoms. The summed E-state index contributed by atoms with van der Waals surface area (Å²) < 4.78 is 38.5. The smallest absolute Gasteiger partial charge is 0.155 e. The van der Waals surface area contributed by atoms with E-state index in [0.29, 0.717) is 6.54 Å². The zero-order valence-electron chi connectivity index (χ0n) is 10.5. The molecule has 1 aromatic carbocycles. The van der Waals surface area contributed by atoms with Gasteiger partial charge in [0.1, 0.15) is 5.82 Å². The van der Waals surface area contributed by atoms with Gasteiger partial charge in [-0.05, 0) is 31.2 Å². The van der Waals surface area contributed by atoms with Crippen molar-refractivity contribution in [1.29, 1.82) is 0 Å². The number of rotatable bonds is 4. The van der Waals surface area contributed by atoms with Crippen LogP contribution in [0.25, 0.3) is 10.9 Å². The minimum Gasteiger partial charge on any atom is -0.344 e. The third-order valence-corrected chi connectivity index (χ3v) is 4.69. The van der Waals surface area contributed by atoms with Crippen molar-refractivity contribution in [2.45, 2.75) is 26.1 Å². The largest absolute Gasteiger partial charge is 0.344 e. The van der Waals surface area contributed by atoms with Gasteiger partial charge in [-0.3, -0.25) is 0 Å². The SMILES string of the molecule is CCn1c(CS(=O)(=O)CC)cc2cc(F)ccc21. The Morgan fingerprint density at radius 2 is 1.94 bits per heavy atom. The van der Waals surface area contributed by atoms with Crippen LogP contribution in [0.4, 0.5) is 4.39 Å². The van der Waals surface area contributed by atoms with Crippen LogP contribution >= 0.6 is 0 Å². The second-order valence-electron chi connectivity index (χ2n) is 4.26. The number of benzene rings is 1. The first kappa shape index (κ1) is 13.1. The lowest BCUT2D eigenvalue weighted by molar-refractivity contribution is 0.594. The molecule has 0 bridgehead atoms. The van der Waals surface area contributed by atoms with E-state index < -0.39 is 9.84 Å². The second kappa shape index (κ2) is 4.72. The molecule has 2 rings (SSSR count). The van der Waals surface area contributed by atoms with Gasteiger partial charge in [-0.1, -0.05) is 6.92 Å². The first-order valence-electron chi connectivity index (χ1n) is 5.95. The summed E-state index contributed by atoms with van der Waals surface area (Å²) in [6.07, 6.45) is 0. The molecule has 98 valence electrons. The molecule has 0 atom stereocenters. The molecule has 0 aliphatic heterocycles. The summed E-state index contributed by atoms with van der Waals surface area (Å²) in [7, 11) is -3.08. The van der Waals surface area contributed by atoms with Crippen molar-refractivity contribution in [3.8, 4) is 0 Å². The minimum atomic E-state index is -3.08. The van der Waals surface area contributed by atoms with E-state index in [1.165, 1.54) is 12.1 Å². The predicted octanol–water partition coefficient (Wildman–Crippen LogP) is 2.74. The summed E-state index contributed by atoms with van der Waals surface area (Å²) in [6, 6.07) is 6.28. The van der Waals surface area contributed by atoms with Crippen molar-refractivity contribution < 1.29 is 12.8 Å². The number of aryl methyl sites for hydroxylation is 1. The van der Waals surface area contributed by atoms with E-state index in [-0.39, 0.29) is 17.3 Å². The molecule has 2 aromatic rings. The van der Waals surface area contributed by atoms with Crippen molar-refractivity contribution in [1.82, 2.24) is 4.57 Å². The number of halogens is 1. The molecule has 0 aliphatic rings. The van der Waals surface area contributed by atoms with Crippen LogP contribution in [0.5, 0.6) is 0 Å². The Balaban J connectivity index is 2.57. The number of hydrogen-bond acceptors (Lipinski definition) is 2. The van der Waals surface area contributed by atoms with Crippen LogP contribution in [0.1, 0.15) is 19.5 Å². The Morgan fingerprint density at radius 3 is 2.56 bits per heavy atom. The van der Waals surface area contributed by atoms with E-state index in [1.807, 2.05) is 11.5 Å². The minimum absolute atomic E-state index is 0.00758. The van der Waals surface area contributed by atoms with Crippen molar-refractivity contribution in [3.05, 3.63) is 35.8 Å². The van der Waals surface area contributed by atoms with Crippen LogP contribution < -0.4 is 0 Å². The number of aromatic nitrogens is 1. The molecular formula is C13H16FNO2S. The summed E-state index contributed by atoms with van der Waals surface area (Å²) >= 11 is 0. The van der Waals surface area contributed by atoms with Crippen LogP contribution in [0, 0.1) is 5.82 Å². The molecule has 0 unspecified atom stereocenters. The maximum atomic E-state index is 13.2. The Morgan fingerprint density at radius 1 is 1.22 bits per heavy atom. The normalized spacial score (nSPS) is 12.2. The van der Waals surface area contributed by atoms with Gasteiger partial charge < -0.3 is 4.57 Å². The van der Waals surface area contributed by atoms with Crippen LogP contribution in [0.3, 0.4) is 0 Å². The molecule has 0 saturated heterocycles. The lowest BCUT2D eigenvalue weighted by Crippen LogP contribution is -2.10. The average Bonchev–Trinajstić information content (AvgIpc) is 2.64. The van der Waals surface area contributed by atoms with Crippen molar-refractivity contribution in [2.75, 3.05) is 5.75 Å². The number of nitrogens with zero attached hydrogens (tertiary/aromatic N) is 1. The second-order valence-corrected chi connectivity index (χ2v) is 6.61. The first-order valence-corrected chi connectivity index (χ1v) is 7.77. The quantitative estimate of drug-likeness (QED) is 0.856. The van der Waals surface area contributed by atoms with Gasteiger partial charge in [0.15, 0.2) is 9.84 Å². The maximum Gasteiger partial charge on any atom is 0.155 e. The molecule has 0 saturated carbocycles. The molecule has 1 heterocycles. The average molecular weight is 269 g/mol. The Hall–Kier alpha value is -1.36. The van der Waals surface area contributed by atoms with Gasteiger partial charge in [0.05, 0.1) is 5.75 Å². The molecule has 0 radical (unpaired) electrons. The lowest BCUT2D eigenvalue weighted by atomic mass is 10.2. The lowest BCUT2D eigenvalue weighted by Gasteiger charge is -2.07. The topological polar surface area (TPSA) is 39.1 Å². The summed E-state index contributed by atoms with van der Waals surface area (Å²) in [4.78, 5) is 0. The van der Waals surface area contributed by atoms with Crippen molar-refractivity contribution in [3.63, 3.8) is 0 Å². The molecule has 0 fully saturated rings. The van der Waals surface area contributed by atoms with E-state index in [2.05, 4.69) is 0 Å². The van der Waals surface area contributed by atoms with E-state index in [0.717, 1.165) is 16.6 Å². The molecule has 0 N–H and O–H groups in total. The van der Waals surface area contributed by atoms with Gasteiger partial charge in [-0.25, -0.2) is 12.8 Å². The number of hydrogen-bond donors (Lipinski definition) is 0. The summed E-state index contributed by atoms with van der Waals surface area (Å²) in [5, 5.41) is 0.748. The summed E-state index contributed by atoms with van der Waals surface area (Å²) in [5.74, 6) is -0.180. The fourth-order valence-corrected chi connectivity index (χ4v) is 3.01. The zero-order chi connectivity index (χ0) is 13.3. The molecule has 1 aromatic heterocycles. The third kappa shape index (κ3) is 2.41. The van der Waals surface area contributed by atoms with E-state index in [1.54, 1.807) is 19.1 Å². The highest BCUT2D eigenvalue weighted by atomic mass is 32.2. The molecule has 3 nitrogen and oxygen atoms in total. The molecular weight excluding hydrogens is 253 g/mol. The van der Waals surface area contributed by atoms with Crippen LogP contribution in [0.2, 0.25) is 0 Å². The maximum absolute atomic E-state index is 13.2. The highest BCUT2D eigenvalue weighted by molar-refractivity contribution is 7.90. The Kier molecular flexibility index (Phi) is 3.43. The number of fused-ring (bicyclic) bond motifs is 1. The van der Waals surface area contributed by atoms with Gasteiger partial charge in [-0.2, -0.15) is 0 Å². The summed E-state index contributed by atoms with van der Waals surface area (Å²) in [6.45, 7) is 4.25. The fraction of sp³-hybridized carbons (Fsp3) is 0.385. The van der Waals surface area contributed by atoms with Gasteiger partial charge >= 0.3 is 0 Å². The van der Waals surface area contributed by atoms with Gasteiger partial charge in [0.2, 0.25) is 0 Å². The van der Waals surface area contributed by atoms with Gasteiger partial charge in [0, 0.05) is 28.9 Å².